The summed E-state index contributed by atoms with van der Waals surface area (Å²) in [5.74, 6) is -3.12. The number of hydrogen-bond acceptors (Lipinski definition) is 5. The molecule has 0 radical (unpaired) electrons. The zero-order valence-corrected chi connectivity index (χ0v) is 18.8. The molecule has 1 aliphatic rings. The molecule has 4 rings (SSSR count). The smallest absolute Gasteiger partial charge is 0.475 e. The van der Waals surface area contributed by atoms with Crippen molar-refractivity contribution in [2.24, 2.45) is 0 Å². The van der Waals surface area contributed by atoms with Crippen molar-refractivity contribution in [1.29, 1.82) is 0 Å². The van der Waals surface area contributed by atoms with Gasteiger partial charge in [-0.25, -0.2) is 9.18 Å². The number of nitrogens with zero attached hydrogens (tertiary/aromatic N) is 1. The summed E-state index contributed by atoms with van der Waals surface area (Å²) in [6.45, 7) is 2.79. The van der Waals surface area contributed by atoms with E-state index in [0.717, 1.165) is 37.2 Å². The molecule has 1 atom stereocenters. The summed E-state index contributed by atoms with van der Waals surface area (Å²) in [6.07, 6.45) is -4.13. The van der Waals surface area contributed by atoms with Crippen molar-refractivity contribution in [2.75, 3.05) is 13.1 Å². The number of carbonyl (C=O) groups is 2. The van der Waals surface area contributed by atoms with Crippen LogP contribution < -0.4 is 5.32 Å². The van der Waals surface area contributed by atoms with Gasteiger partial charge in [0.05, 0.1) is 4.88 Å². The third-order valence-corrected chi connectivity index (χ3v) is 6.49. The molecule has 0 aliphatic carbocycles. The Morgan fingerprint density at radius 2 is 1.94 bits per heavy atom. The van der Waals surface area contributed by atoms with E-state index in [0.29, 0.717) is 4.88 Å². The molecule has 3 heterocycles. The quantitative estimate of drug-likeness (QED) is 0.470. The molecule has 0 spiro atoms. The Morgan fingerprint density at radius 3 is 2.58 bits per heavy atom. The predicted molar refractivity (Wildman–Crippen MR) is 119 cm³/mol. The molecule has 33 heavy (non-hydrogen) atoms. The molecule has 3 aromatic rings. The second kappa shape index (κ2) is 10.9. The third kappa shape index (κ3) is 7.11. The number of benzene rings is 1. The summed E-state index contributed by atoms with van der Waals surface area (Å²) in [5, 5.41) is 16.4. The Balaban J connectivity index is 0.000000383. The van der Waals surface area contributed by atoms with Crippen molar-refractivity contribution in [3.8, 4) is 11.1 Å². The van der Waals surface area contributed by atoms with Crippen LogP contribution in [0.15, 0.2) is 52.5 Å². The van der Waals surface area contributed by atoms with Gasteiger partial charge < -0.3 is 10.4 Å². The molecule has 11 heteroatoms. The van der Waals surface area contributed by atoms with Crippen LogP contribution in [0.1, 0.15) is 21.7 Å². The maximum Gasteiger partial charge on any atom is 0.490 e. The Hall–Kier alpha value is -2.76. The summed E-state index contributed by atoms with van der Waals surface area (Å²) in [7, 11) is 0. The Morgan fingerprint density at radius 1 is 1.18 bits per heavy atom. The molecule has 1 aromatic carbocycles. The van der Waals surface area contributed by atoms with E-state index in [9.17, 15) is 22.4 Å². The zero-order chi connectivity index (χ0) is 24.0. The highest BCUT2D eigenvalue weighted by Crippen LogP contribution is 2.29. The highest BCUT2D eigenvalue weighted by molar-refractivity contribution is 7.12. The van der Waals surface area contributed by atoms with Gasteiger partial charge in [0.25, 0.3) is 5.91 Å². The zero-order valence-electron chi connectivity index (χ0n) is 17.1. The molecule has 2 aromatic heterocycles. The molecule has 2 N–H and O–H groups in total. The number of hydrogen-bond donors (Lipinski definition) is 2. The van der Waals surface area contributed by atoms with E-state index in [2.05, 4.69) is 27.0 Å². The number of aliphatic carboxylic acids is 1. The van der Waals surface area contributed by atoms with Crippen LogP contribution in [0.25, 0.3) is 11.1 Å². The molecule has 1 aliphatic heterocycles. The Bertz CT molecular complexity index is 1080. The lowest BCUT2D eigenvalue weighted by atomic mass is 10.1. The van der Waals surface area contributed by atoms with Gasteiger partial charge in [0.2, 0.25) is 0 Å². The summed E-state index contributed by atoms with van der Waals surface area (Å²) in [5.41, 5.74) is 2.86. The number of halogens is 4. The fourth-order valence-corrected chi connectivity index (χ4v) is 4.83. The summed E-state index contributed by atoms with van der Waals surface area (Å²) < 4.78 is 45.3. The van der Waals surface area contributed by atoms with E-state index in [-0.39, 0.29) is 17.8 Å². The molecule has 1 fully saturated rings. The van der Waals surface area contributed by atoms with E-state index in [1.54, 1.807) is 17.4 Å². The molecular weight excluding hydrogens is 480 g/mol. The normalized spacial score (nSPS) is 16.2. The second-order valence-electron chi connectivity index (χ2n) is 7.30. The van der Waals surface area contributed by atoms with Crippen LogP contribution in [-0.4, -0.2) is 47.2 Å². The van der Waals surface area contributed by atoms with Gasteiger partial charge in [-0.1, -0.05) is 12.1 Å². The molecule has 0 bridgehead atoms. The number of carbonyl (C=O) groups excluding carboxylic acids is 1. The van der Waals surface area contributed by atoms with Gasteiger partial charge >= 0.3 is 12.1 Å². The second-order valence-corrected chi connectivity index (χ2v) is 9.00. The fourth-order valence-electron chi connectivity index (χ4n) is 3.35. The first kappa shape index (κ1) is 24.9. The van der Waals surface area contributed by atoms with Gasteiger partial charge in [-0.05, 0) is 58.0 Å². The average Bonchev–Trinajstić information content (AvgIpc) is 3.50. The largest absolute Gasteiger partial charge is 0.490 e. The molecular formula is C22H20F4N2O3S2. The van der Waals surface area contributed by atoms with E-state index in [4.69, 9.17) is 9.90 Å². The van der Waals surface area contributed by atoms with Crippen LogP contribution in [-0.2, 0) is 11.3 Å². The van der Waals surface area contributed by atoms with Crippen LogP contribution in [0.4, 0.5) is 17.6 Å². The van der Waals surface area contributed by atoms with Crippen molar-refractivity contribution < 1.29 is 32.3 Å². The topological polar surface area (TPSA) is 69.6 Å². The minimum absolute atomic E-state index is 0.0679. The van der Waals surface area contributed by atoms with Crippen LogP contribution in [0.5, 0.6) is 0 Å². The van der Waals surface area contributed by atoms with E-state index in [1.807, 2.05) is 17.5 Å². The number of carboxylic acid groups (broad SMARTS) is 1. The number of carboxylic acids is 1. The van der Waals surface area contributed by atoms with Gasteiger partial charge in [0.1, 0.15) is 5.82 Å². The molecule has 0 saturated carbocycles. The highest BCUT2D eigenvalue weighted by Gasteiger charge is 2.38. The third-order valence-electron chi connectivity index (χ3n) is 4.84. The van der Waals surface area contributed by atoms with Gasteiger partial charge in [0, 0.05) is 31.2 Å². The first-order chi connectivity index (χ1) is 15.6. The van der Waals surface area contributed by atoms with Crippen molar-refractivity contribution in [3.05, 3.63) is 68.8 Å². The van der Waals surface area contributed by atoms with Crippen molar-refractivity contribution in [3.63, 3.8) is 0 Å². The van der Waals surface area contributed by atoms with Crippen LogP contribution in [0.3, 0.4) is 0 Å². The maximum atomic E-state index is 13.5. The van der Waals surface area contributed by atoms with Gasteiger partial charge in [-0.15, -0.1) is 11.3 Å². The van der Waals surface area contributed by atoms with Gasteiger partial charge in [0.15, 0.2) is 0 Å². The fraction of sp³-hybridized carbons (Fsp3) is 0.273. The number of alkyl halides is 3. The monoisotopic (exact) mass is 500 g/mol. The van der Waals surface area contributed by atoms with Crippen molar-refractivity contribution in [1.82, 2.24) is 10.2 Å². The summed E-state index contributed by atoms with van der Waals surface area (Å²) in [4.78, 5) is 24.7. The molecule has 1 amide bonds. The van der Waals surface area contributed by atoms with Crippen molar-refractivity contribution in [2.45, 2.75) is 25.2 Å². The minimum Gasteiger partial charge on any atom is -0.475 e. The Kier molecular flexibility index (Phi) is 8.22. The lowest BCUT2D eigenvalue weighted by Crippen LogP contribution is -2.36. The van der Waals surface area contributed by atoms with Gasteiger partial charge in [-0.2, -0.15) is 24.5 Å². The first-order valence-corrected chi connectivity index (χ1v) is 11.6. The number of nitrogens with one attached hydrogen (secondary N) is 1. The highest BCUT2D eigenvalue weighted by atomic mass is 32.1. The summed E-state index contributed by atoms with van der Waals surface area (Å²) >= 11 is 3.11. The lowest BCUT2D eigenvalue weighted by molar-refractivity contribution is -0.192. The standard InChI is InChI=1S/C20H19FN2OS2.C2HF3O2/c21-16-3-1-2-15(10-16)18-6-9-26-19(18)20(24)22-17-4-7-23(12-17)11-14-5-8-25-13-14;3-2(4,5)1(6)7/h1-3,5-6,8-10,13,17H,4,7,11-12H2,(H,22,24);(H,6,7). The number of thiophene rings is 2. The van der Waals surface area contributed by atoms with Gasteiger partial charge in [-0.3, -0.25) is 9.69 Å². The van der Waals surface area contributed by atoms with E-state index >= 15 is 0 Å². The number of rotatable bonds is 5. The minimum atomic E-state index is -5.08. The van der Waals surface area contributed by atoms with E-state index < -0.39 is 12.1 Å². The number of likely N-dealkylation sites (tertiary alicyclic amines) is 1. The van der Waals surface area contributed by atoms with Crippen molar-refractivity contribution >= 4 is 34.6 Å². The van der Waals surface area contributed by atoms with Crippen LogP contribution >= 0.6 is 22.7 Å². The summed E-state index contributed by atoms with van der Waals surface area (Å²) in [6, 6.07) is 10.6. The molecule has 176 valence electrons. The first-order valence-electron chi connectivity index (χ1n) is 9.81. The van der Waals surface area contributed by atoms with Crippen LogP contribution in [0.2, 0.25) is 0 Å². The van der Waals surface area contributed by atoms with Crippen LogP contribution in [0, 0.1) is 5.82 Å². The maximum absolute atomic E-state index is 13.5. The SMILES string of the molecule is O=C(NC1CCN(Cc2ccsc2)C1)c1sccc1-c1cccc(F)c1.O=C(O)C(F)(F)F. The Labute approximate surface area is 195 Å². The van der Waals surface area contributed by atoms with E-state index in [1.165, 1.54) is 29.0 Å². The lowest BCUT2D eigenvalue weighted by Gasteiger charge is -2.16. The molecule has 1 unspecified atom stereocenters. The average molecular weight is 501 g/mol. The molecule has 1 saturated heterocycles. The molecule has 5 nitrogen and oxygen atoms in total. The number of amides is 1. The predicted octanol–water partition coefficient (Wildman–Crippen LogP) is 5.25.